The number of hydrogen-bond donors (Lipinski definition) is 0. The fourth-order valence-electron chi connectivity index (χ4n) is 3.40. The van der Waals surface area contributed by atoms with Crippen LogP contribution < -0.4 is 4.90 Å². The molecule has 0 fully saturated rings. The van der Waals surface area contributed by atoms with E-state index in [0.717, 1.165) is 29.0 Å². The Morgan fingerprint density at radius 3 is 2.86 bits per heavy atom. The zero-order valence-electron chi connectivity index (χ0n) is 15.6. The maximum Gasteiger partial charge on any atom is 0.236 e. The molecule has 0 saturated carbocycles. The minimum Gasteiger partial charge on any atom is -0.440 e. The van der Waals surface area contributed by atoms with Crippen LogP contribution in [0.4, 0.5) is 5.69 Å². The van der Waals surface area contributed by atoms with Gasteiger partial charge in [-0.3, -0.25) is 4.79 Å². The molecule has 1 aromatic carbocycles. The lowest BCUT2D eigenvalue weighted by molar-refractivity contribution is -0.118. The first-order valence-corrected chi connectivity index (χ1v) is 11.7. The molecule has 0 bridgehead atoms. The van der Waals surface area contributed by atoms with Crippen LogP contribution in [0.25, 0.3) is 10.8 Å². The average Bonchev–Trinajstić information content (AvgIpc) is 3.30. The van der Waals surface area contributed by atoms with E-state index in [1.54, 1.807) is 23.1 Å². The number of amides is 1. The zero-order chi connectivity index (χ0) is 19.9. The van der Waals surface area contributed by atoms with Crippen LogP contribution in [0.15, 0.2) is 45.0 Å². The van der Waals surface area contributed by atoms with Crippen molar-refractivity contribution in [1.29, 1.82) is 0 Å². The van der Waals surface area contributed by atoms with Crippen LogP contribution in [0.5, 0.6) is 0 Å². The molecule has 8 heteroatoms. The molecule has 0 radical (unpaired) electrons. The lowest BCUT2D eigenvalue weighted by Crippen LogP contribution is -2.36. The van der Waals surface area contributed by atoms with Gasteiger partial charge in [0.1, 0.15) is 5.76 Å². The largest absolute Gasteiger partial charge is 0.440 e. The van der Waals surface area contributed by atoms with E-state index in [2.05, 4.69) is 4.98 Å². The van der Waals surface area contributed by atoms with Gasteiger partial charge in [0.05, 0.1) is 21.9 Å². The second-order valence-electron chi connectivity index (χ2n) is 6.89. The standard InChI is InChI=1S/C20H20N2O4S2/c1-13-16(21-20(26-13)18-6-4-10-27-18)12-19(23)22-9-3-5-14-11-15(28(2,24)25)7-8-17(14)22/h4,6-8,10-11H,3,5,9,12H2,1-2H3. The summed E-state index contributed by atoms with van der Waals surface area (Å²) in [6.07, 6.45) is 2.89. The highest BCUT2D eigenvalue weighted by Gasteiger charge is 2.25. The highest BCUT2D eigenvalue weighted by Crippen LogP contribution is 2.31. The molecule has 6 nitrogen and oxygen atoms in total. The number of thiophene rings is 1. The van der Waals surface area contributed by atoms with Gasteiger partial charge in [0.2, 0.25) is 11.8 Å². The summed E-state index contributed by atoms with van der Waals surface area (Å²) in [5.41, 5.74) is 2.30. The van der Waals surface area contributed by atoms with Gasteiger partial charge >= 0.3 is 0 Å². The van der Waals surface area contributed by atoms with Gasteiger partial charge in [-0.1, -0.05) is 6.07 Å². The minimum absolute atomic E-state index is 0.0674. The van der Waals surface area contributed by atoms with Crippen molar-refractivity contribution in [3.05, 3.63) is 52.7 Å². The minimum atomic E-state index is -3.27. The number of aromatic nitrogens is 1. The smallest absolute Gasteiger partial charge is 0.236 e. The van der Waals surface area contributed by atoms with Crippen molar-refractivity contribution in [3.63, 3.8) is 0 Å². The summed E-state index contributed by atoms with van der Waals surface area (Å²) >= 11 is 1.54. The summed E-state index contributed by atoms with van der Waals surface area (Å²) in [5.74, 6) is 1.11. The van der Waals surface area contributed by atoms with Gasteiger partial charge in [0.15, 0.2) is 9.84 Å². The van der Waals surface area contributed by atoms with E-state index in [0.29, 0.717) is 23.9 Å². The third kappa shape index (κ3) is 3.62. The van der Waals surface area contributed by atoms with Crippen molar-refractivity contribution in [3.8, 4) is 10.8 Å². The average molecular weight is 417 g/mol. The van der Waals surface area contributed by atoms with Crippen LogP contribution in [0.2, 0.25) is 0 Å². The van der Waals surface area contributed by atoms with Crippen molar-refractivity contribution < 1.29 is 17.6 Å². The number of nitrogens with zero attached hydrogens (tertiary/aromatic N) is 2. The Hall–Kier alpha value is -2.45. The fourth-order valence-corrected chi connectivity index (χ4v) is 4.72. The van der Waals surface area contributed by atoms with Crippen LogP contribution in [-0.4, -0.2) is 32.1 Å². The topological polar surface area (TPSA) is 80.5 Å². The molecule has 2 aromatic heterocycles. The molecule has 4 rings (SSSR count). The Morgan fingerprint density at radius 2 is 2.14 bits per heavy atom. The van der Waals surface area contributed by atoms with E-state index in [9.17, 15) is 13.2 Å². The van der Waals surface area contributed by atoms with E-state index < -0.39 is 9.84 Å². The predicted molar refractivity (Wildman–Crippen MR) is 108 cm³/mol. The summed E-state index contributed by atoms with van der Waals surface area (Å²) in [5, 5.41) is 1.95. The van der Waals surface area contributed by atoms with Crippen LogP contribution >= 0.6 is 11.3 Å². The summed E-state index contributed by atoms with van der Waals surface area (Å²) in [6.45, 7) is 2.42. The van der Waals surface area contributed by atoms with Crippen LogP contribution in [-0.2, 0) is 27.5 Å². The number of sulfone groups is 1. The SMILES string of the molecule is Cc1oc(-c2cccs2)nc1CC(=O)N1CCCc2cc(S(C)(=O)=O)ccc21. The molecular weight excluding hydrogens is 396 g/mol. The third-order valence-electron chi connectivity index (χ3n) is 4.84. The number of fused-ring (bicyclic) bond motifs is 1. The van der Waals surface area contributed by atoms with Crippen molar-refractivity contribution >= 4 is 32.8 Å². The maximum atomic E-state index is 13.0. The Labute approximate surface area is 167 Å². The fraction of sp³-hybridized carbons (Fsp3) is 0.300. The summed E-state index contributed by atoms with van der Waals surface area (Å²) in [6, 6.07) is 8.84. The van der Waals surface area contributed by atoms with Crippen molar-refractivity contribution in [2.45, 2.75) is 31.1 Å². The van der Waals surface area contributed by atoms with Crippen molar-refractivity contribution in [2.24, 2.45) is 0 Å². The Kier molecular flexibility index (Phi) is 4.84. The molecule has 1 aliphatic rings. The summed E-state index contributed by atoms with van der Waals surface area (Å²) in [4.78, 5) is 20.4. The highest BCUT2D eigenvalue weighted by molar-refractivity contribution is 7.90. The van der Waals surface area contributed by atoms with Crippen LogP contribution in [0.1, 0.15) is 23.4 Å². The summed E-state index contributed by atoms with van der Waals surface area (Å²) < 4.78 is 29.4. The third-order valence-corrected chi connectivity index (χ3v) is 6.81. The molecule has 3 aromatic rings. The van der Waals surface area contributed by atoms with Gasteiger partial charge in [-0.15, -0.1) is 11.3 Å². The van der Waals surface area contributed by atoms with E-state index >= 15 is 0 Å². The molecule has 0 spiro atoms. The van der Waals surface area contributed by atoms with E-state index in [-0.39, 0.29) is 17.2 Å². The zero-order valence-corrected chi connectivity index (χ0v) is 17.3. The maximum absolute atomic E-state index is 13.0. The van der Waals surface area contributed by atoms with Crippen molar-refractivity contribution in [1.82, 2.24) is 4.98 Å². The number of hydrogen-bond acceptors (Lipinski definition) is 6. The number of benzene rings is 1. The Morgan fingerprint density at radius 1 is 1.32 bits per heavy atom. The summed E-state index contributed by atoms with van der Waals surface area (Å²) in [7, 11) is -3.27. The molecule has 0 aliphatic carbocycles. The molecule has 146 valence electrons. The lowest BCUT2D eigenvalue weighted by Gasteiger charge is -2.29. The van der Waals surface area contributed by atoms with E-state index in [4.69, 9.17) is 4.42 Å². The Balaban J connectivity index is 1.59. The van der Waals surface area contributed by atoms with Gasteiger partial charge in [0, 0.05) is 18.5 Å². The van der Waals surface area contributed by atoms with Crippen LogP contribution in [0.3, 0.4) is 0 Å². The highest BCUT2D eigenvalue weighted by atomic mass is 32.2. The van der Waals surface area contributed by atoms with Gasteiger partial charge < -0.3 is 9.32 Å². The van der Waals surface area contributed by atoms with Gasteiger partial charge in [-0.2, -0.15) is 0 Å². The first-order chi connectivity index (χ1) is 13.3. The number of carbonyl (C=O) groups excluding carboxylic acids is 1. The lowest BCUT2D eigenvalue weighted by atomic mass is 10.0. The number of carbonyl (C=O) groups is 1. The van der Waals surface area contributed by atoms with Crippen LogP contribution in [0, 0.1) is 6.92 Å². The molecule has 1 amide bonds. The molecule has 3 heterocycles. The number of aryl methyl sites for hydroxylation is 2. The first kappa shape index (κ1) is 18.9. The van der Waals surface area contributed by atoms with Gasteiger partial charge in [-0.25, -0.2) is 13.4 Å². The quantitative estimate of drug-likeness (QED) is 0.649. The van der Waals surface area contributed by atoms with Gasteiger partial charge in [0.25, 0.3) is 0 Å². The predicted octanol–water partition coefficient (Wildman–Crippen LogP) is 3.64. The molecule has 1 aliphatic heterocycles. The molecule has 0 unspecified atom stereocenters. The first-order valence-electron chi connectivity index (χ1n) is 8.96. The number of oxazole rings is 1. The van der Waals surface area contributed by atoms with Crippen molar-refractivity contribution in [2.75, 3.05) is 17.7 Å². The normalized spacial score (nSPS) is 14.1. The second kappa shape index (κ2) is 7.18. The number of rotatable bonds is 4. The van der Waals surface area contributed by atoms with E-state index in [1.807, 2.05) is 24.4 Å². The van der Waals surface area contributed by atoms with Gasteiger partial charge in [-0.05, 0) is 55.0 Å². The molecular formula is C20H20N2O4S2. The Bertz CT molecular complexity index is 1130. The molecule has 28 heavy (non-hydrogen) atoms. The monoisotopic (exact) mass is 416 g/mol. The number of anilines is 1. The second-order valence-corrected chi connectivity index (χ2v) is 9.85. The molecule has 0 atom stereocenters. The molecule has 0 saturated heterocycles. The molecule has 0 N–H and O–H groups in total. The van der Waals surface area contributed by atoms with E-state index in [1.165, 1.54) is 17.6 Å².